The number of alkyl halides is 1. The van der Waals surface area contributed by atoms with Gasteiger partial charge in [-0.2, -0.15) is 4.37 Å². The minimum absolute atomic E-state index is 0.0117. The highest BCUT2D eigenvalue weighted by Gasteiger charge is 2.10. The summed E-state index contributed by atoms with van der Waals surface area (Å²) in [6.07, 6.45) is 0. The summed E-state index contributed by atoms with van der Waals surface area (Å²) in [6, 6.07) is 9.07. The summed E-state index contributed by atoms with van der Waals surface area (Å²) in [5, 5.41) is 0.677. The van der Waals surface area contributed by atoms with Crippen LogP contribution in [0.1, 0.15) is 9.67 Å². The van der Waals surface area contributed by atoms with Gasteiger partial charge in [0, 0.05) is 10.6 Å². The molecule has 0 saturated heterocycles. The molecule has 1 heterocycles. The highest BCUT2D eigenvalue weighted by Crippen LogP contribution is 2.23. The van der Waals surface area contributed by atoms with Gasteiger partial charge in [-0.3, -0.25) is 4.79 Å². The number of Topliss-reactive ketones (excluding diaryl/α,β-unsaturated/α-hetero) is 1. The van der Waals surface area contributed by atoms with Crippen molar-refractivity contribution >= 4 is 40.5 Å². The zero-order valence-electron chi connectivity index (χ0n) is 8.11. The zero-order chi connectivity index (χ0) is 11.5. The van der Waals surface area contributed by atoms with Gasteiger partial charge in [0.1, 0.15) is 0 Å². The summed E-state index contributed by atoms with van der Waals surface area (Å²) in [5.41, 5.74) is 1.71. The Labute approximate surface area is 107 Å². The monoisotopic (exact) mass is 271 g/mol. The van der Waals surface area contributed by atoms with Gasteiger partial charge in [-0.15, -0.1) is 11.6 Å². The number of rotatable bonds is 3. The second-order valence-electron chi connectivity index (χ2n) is 3.14. The van der Waals surface area contributed by atoms with Gasteiger partial charge in [-0.1, -0.05) is 23.7 Å². The van der Waals surface area contributed by atoms with E-state index in [1.165, 1.54) is 0 Å². The van der Waals surface area contributed by atoms with Crippen LogP contribution in [0, 0.1) is 0 Å². The average Bonchev–Trinajstić information content (AvgIpc) is 2.78. The first-order chi connectivity index (χ1) is 7.70. The number of nitrogens with zero attached hydrogens (tertiary/aromatic N) is 1. The minimum Gasteiger partial charge on any atom is -0.292 e. The topological polar surface area (TPSA) is 30.0 Å². The predicted molar refractivity (Wildman–Crippen MR) is 67.6 cm³/mol. The van der Waals surface area contributed by atoms with Gasteiger partial charge in [0.15, 0.2) is 5.78 Å². The molecule has 0 aliphatic heterocycles. The van der Waals surface area contributed by atoms with E-state index in [0.717, 1.165) is 22.8 Å². The summed E-state index contributed by atoms with van der Waals surface area (Å²) in [6.45, 7) is 0. The van der Waals surface area contributed by atoms with E-state index in [1.807, 2.05) is 12.1 Å². The van der Waals surface area contributed by atoms with Crippen molar-refractivity contribution in [3.05, 3.63) is 40.2 Å². The molecule has 0 amide bonds. The van der Waals surface area contributed by atoms with E-state index in [-0.39, 0.29) is 11.7 Å². The van der Waals surface area contributed by atoms with Gasteiger partial charge in [-0.05, 0) is 29.7 Å². The summed E-state index contributed by atoms with van der Waals surface area (Å²) >= 11 is 12.4. The van der Waals surface area contributed by atoms with Crippen molar-refractivity contribution in [2.24, 2.45) is 0 Å². The number of carbonyl (C=O) groups excluding carboxylic acids is 1. The molecule has 1 aromatic heterocycles. The molecule has 0 aliphatic rings. The molecule has 16 heavy (non-hydrogen) atoms. The Morgan fingerprint density at radius 2 is 2.00 bits per heavy atom. The lowest BCUT2D eigenvalue weighted by Crippen LogP contribution is -1.95. The Morgan fingerprint density at radius 3 is 2.62 bits per heavy atom. The van der Waals surface area contributed by atoms with Crippen LogP contribution >= 0.6 is 34.7 Å². The Bertz CT molecular complexity index is 507. The van der Waals surface area contributed by atoms with Crippen LogP contribution in [0.25, 0.3) is 11.3 Å². The van der Waals surface area contributed by atoms with Gasteiger partial charge in [0.2, 0.25) is 0 Å². The maximum Gasteiger partial charge on any atom is 0.189 e. The fraction of sp³-hybridized carbons (Fsp3) is 0.0909. The fourth-order valence-electron chi connectivity index (χ4n) is 1.23. The van der Waals surface area contributed by atoms with Crippen molar-refractivity contribution < 1.29 is 4.79 Å². The van der Waals surface area contributed by atoms with Crippen molar-refractivity contribution in [1.82, 2.24) is 4.37 Å². The maximum absolute atomic E-state index is 11.3. The summed E-state index contributed by atoms with van der Waals surface area (Å²) in [4.78, 5) is 11.9. The molecule has 0 spiro atoms. The molecule has 0 fully saturated rings. The van der Waals surface area contributed by atoms with Crippen LogP contribution in [0.3, 0.4) is 0 Å². The Kier molecular flexibility index (Phi) is 3.59. The van der Waals surface area contributed by atoms with Crippen LogP contribution in [0.15, 0.2) is 30.3 Å². The normalized spacial score (nSPS) is 10.4. The summed E-state index contributed by atoms with van der Waals surface area (Å²) in [5.74, 6) is -0.109. The molecule has 0 unspecified atom stereocenters. The summed E-state index contributed by atoms with van der Waals surface area (Å²) < 4.78 is 4.20. The van der Waals surface area contributed by atoms with E-state index >= 15 is 0 Å². The highest BCUT2D eigenvalue weighted by atomic mass is 35.5. The number of hydrogen-bond donors (Lipinski definition) is 0. The van der Waals surface area contributed by atoms with Crippen LogP contribution in [-0.2, 0) is 0 Å². The molecule has 1 aromatic carbocycles. The second kappa shape index (κ2) is 4.95. The standard InChI is InChI=1S/C11H7Cl2NOS/c12-6-10(15)11-5-9(14-16-11)7-1-3-8(13)4-2-7/h1-5H,6H2. The van der Waals surface area contributed by atoms with Crippen LogP contribution < -0.4 is 0 Å². The molecule has 0 radical (unpaired) electrons. The first-order valence-corrected chi connectivity index (χ1v) is 6.21. The molecule has 82 valence electrons. The molecule has 0 aliphatic carbocycles. The minimum atomic E-state index is -0.0978. The fourth-order valence-corrected chi connectivity index (χ4v) is 2.27. The van der Waals surface area contributed by atoms with Crippen LogP contribution in [0.2, 0.25) is 5.02 Å². The molecule has 0 atom stereocenters. The highest BCUT2D eigenvalue weighted by molar-refractivity contribution is 7.08. The molecule has 0 saturated carbocycles. The SMILES string of the molecule is O=C(CCl)c1cc(-c2ccc(Cl)cc2)ns1. The summed E-state index contributed by atoms with van der Waals surface area (Å²) in [7, 11) is 0. The molecule has 2 rings (SSSR count). The molecule has 2 nitrogen and oxygen atoms in total. The first-order valence-electron chi connectivity index (χ1n) is 4.52. The first kappa shape index (κ1) is 11.6. The van der Waals surface area contributed by atoms with E-state index < -0.39 is 0 Å². The molecule has 0 N–H and O–H groups in total. The van der Waals surface area contributed by atoms with Crippen LogP contribution in [-0.4, -0.2) is 16.0 Å². The van der Waals surface area contributed by atoms with Crippen LogP contribution in [0.4, 0.5) is 0 Å². The zero-order valence-corrected chi connectivity index (χ0v) is 10.4. The lowest BCUT2D eigenvalue weighted by atomic mass is 10.1. The van der Waals surface area contributed by atoms with Gasteiger partial charge >= 0.3 is 0 Å². The van der Waals surface area contributed by atoms with Crippen LogP contribution in [0.5, 0.6) is 0 Å². The Balaban J connectivity index is 2.31. The average molecular weight is 272 g/mol. The number of halogens is 2. The molecular formula is C11H7Cl2NOS. The number of carbonyl (C=O) groups is 1. The van der Waals surface area contributed by atoms with Crippen molar-refractivity contribution in [1.29, 1.82) is 0 Å². The van der Waals surface area contributed by atoms with Crippen molar-refractivity contribution in [2.45, 2.75) is 0 Å². The van der Waals surface area contributed by atoms with Gasteiger partial charge < -0.3 is 0 Å². The van der Waals surface area contributed by atoms with E-state index in [9.17, 15) is 4.79 Å². The third-order valence-corrected chi connectivity index (χ3v) is 3.37. The molecular weight excluding hydrogens is 265 g/mol. The molecule has 2 aromatic rings. The largest absolute Gasteiger partial charge is 0.292 e. The third kappa shape index (κ3) is 2.43. The van der Waals surface area contributed by atoms with E-state index in [0.29, 0.717) is 9.90 Å². The van der Waals surface area contributed by atoms with Crippen molar-refractivity contribution in [2.75, 3.05) is 5.88 Å². The quantitative estimate of drug-likeness (QED) is 0.626. The maximum atomic E-state index is 11.3. The van der Waals surface area contributed by atoms with Gasteiger partial charge in [-0.25, -0.2) is 0 Å². The second-order valence-corrected chi connectivity index (χ2v) is 4.65. The van der Waals surface area contributed by atoms with Gasteiger partial charge in [0.25, 0.3) is 0 Å². The van der Waals surface area contributed by atoms with E-state index in [2.05, 4.69) is 4.37 Å². The number of hydrogen-bond acceptors (Lipinski definition) is 3. The van der Waals surface area contributed by atoms with E-state index in [1.54, 1.807) is 18.2 Å². The lowest BCUT2D eigenvalue weighted by molar-refractivity contribution is 0.102. The van der Waals surface area contributed by atoms with E-state index in [4.69, 9.17) is 23.2 Å². The van der Waals surface area contributed by atoms with Gasteiger partial charge in [0.05, 0.1) is 16.5 Å². The lowest BCUT2D eigenvalue weighted by Gasteiger charge is -1.95. The number of ketones is 1. The Morgan fingerprint density at radius 1 is 1.31 bits per heavy atom. The van der Waals surface area contributed by atoms with Crippen molar-refractivity contribution in [3.63, 3.8) is 0 Å². The Hall–Kier alpha value is -0.900. The van der Waals surface area contributed by atoms with Crippen molar-refractivity contribution in [3.8, 4) is 11.3 Å². The smallest absolute Gasteiger partial charge is 0.189 e. The predicted octanol–water partition coefficient (Wildman–Crippen LogP) is 3.89. The third-order valence-electron chi connectivity index (χ3n) is 2.05. The molecule has 5 heteroatoms. The number of benzene rings is 1. The molecule has 0 bridgehead atoms. The number of aromatic nitrogens is 1.